The van der Waals surface area contributed by atoms with E-state index >= 15 is 0 Å². The maximum atomic E-state index is 13.7. The highest BCUT2D eigenvalue weighted by molar-refractivity contribution is 5.97. The Bertz CT molecular complexity index is 1490. The zero-order chi connectivity index (χ0) is 30.2. The molecule has 8 heteroatoms. The number of ether oxygens (including phenoxy) is 1. The van der Waals surface area contributed by atoms with Gasteiger partial charge in [0.2, 0.25) is 0 Å². The second-order valence-corrected chi connectivity index (χ2v) is 12.5. The Morgan fingerprint density at radius 1 is 0.951 bits per heavy atom. The maximum Gasteiger partial charge on any atom is 0.408 e. The Kier molecular flexibility index (Phi) is 8.18. The number of halogens is 1. The number of carbonyl (C=O) groups excluding carboxylic acids is 3. The van der Waals surface area contributed by atoms with Gasteiger partial charge in [0.25, 0.3) is 0 Å². The van der Waals surface area contributed by atoms with Crippen molar-refractivity contribution in [3.63, 3.8) is 0 Å². The number of nitrogens with one attached hydrogen (secondary N) is 1. The summed E-state index contributed by atoms with van der Waals surface area (Å²) in [5, 5.41) is 14.5. The van der Waals surface area contributed by atoms with E-state index < -0.39 is 28.7 Å². The van der Waals surface area contributed by atoms with Crippen LogP contribution < -0.4 is 5.32 Å². The second kappa shape index (κ2) is 11.2. The fraction of sp³-hybridized carbons (Fsp3) is 0.394. The number of alkyl carbamates (subject to hydrolysis) is 1. The summed E-state index contributed by atoms with van der Waals surface area (Å²) >= 11 is 0. The number of hydrogen-bond acceptors (Lipinski definition) is 6. The van der Waals surface area contributed by atoms with Gasteiger partial charge >= 0.3 is 6.09 Å². The van der Waals surface area contributed by atoms with Crippen molar-refractivity contribution in [2.75, 3.05) is 0 Å². The summed E-state index contributed by atoms with van der Waals surface area (Å²) in [6.07, 6.45) is 0.274. The van der Waals surface area contributed by atoms with Gasteiger partial charge in [-0.15, -0.1) is 0 Å². The van der Waals surface area contributed by atoms with E-state index in [0.717, 1.165) is 11.1 Å². The number of carbonyl (C=O) groups is 3. The lowest BCUT2D eigenvalue weighted by atomic mass is 9.87. The first kappa shape index (κ1) is 30.1. The Balaban J connectivity index is 1.63. The van der Waals surface area contributed by atoms with E-state index in [2.05, 4.69) is 5.32 Å². The van der Waals surface area contributed by atoms with E-state index in [0.29, 0.717) is 40.9 Å². The van der Waals surface area contributed by atoms with Gasteiger partial charge in [-0.3, -0.25) is 9.59 Å². The molecule has 0 radical (unpaired) electrons. The average Bonchev–Trinajstić information content (AvgIpc) is 3.25. The van der Waals surface area contributed by atoms with Gasteiger partial charge in [0, 0.05) is 30.4 Å². The molecule has 1 unspecified atom stereocenters. The molecule has 0 fully saturated rings. The second-order valence-electron chi connectivity index (χ2n) is 12.5. The molecule has 216 valence electrons. The molecule has 1 amide bonds. The topological polar surface area (TPSA) is 106 Å². The minimum Gasteiger partial charge on any atom is -0.444 e. The number of benzene rings is 2. The summed E-state index contributed by atoms with van der Waals surface area (Å²) in [6.45, 7) is 10.5. The van der Waals surface area contributed by atoms with E-state index in [4.69, 9.17) is 9.72 Å². The van der Waals surface area contributed by atoms with Gasteiger partial charge in [-0.1, -0.05) is 12.1 Å². The van der Waals surface area contributed by atoms with Crippen molar-refractivity contribution in [1.29, 1.82) is 0 Å². The third kappa shape index (κ3) is 7.44. The van der Waals surface area contributed by atoms with Crippen molar-refractivity contribution in [2.45, 2.75) is 84.0 Å². The van der Waals surface area contributed by atoms with Crippen molar-refractivity contribution < 1.29 is 28.6 Å². The Morgan fingerprint density at radius 3 is 2.27 bits per heavy atom. The van der Waals surface area contributed by atoms with Crippen molar-refractivity contribution >= 4 is 17.7 Å². The number of amides is 1. The molecule has 7 nitrogen and oxygen atoms in total. The van der Waals surface area contributed by atoms with Gasteiger partial charge in [0.15, 0.2) is 5.78 Å². The zero-order valence-electron chi connectivity index (χ0n) is 24.4. The molecular formula is C33H37FN2O5. The number of hydrogen-bond donors (Lipinski definition) is 2. The highest BCUT2D eigenvalue weighted by atomic mass is 19.1. The molecule has 1 aromatic heterocycles. The Hall–Kier alpha value is -3.91. The van der Waals surface area contributed by atoms with Crippen molar-refractivity contribution in [2.24, 2.45) is 0 Å². The first-order valence-corrected chi connectivity index (χ1v) is 13.7. The molecule has 2 N–H and O–H groups in total. The predicted octanol–water partition coefficient (Wildman–Crippen LogP) is 6.19. The molecule has 41 heavy (non-hydrogen) atoms. The van der Waals surface area contributed by atoms with Gasteiger partial charge in [0.05, 0.1) is 16.9 Å². The molecule has 1 aliphatic carbocycles. The number of aliphatic hydroxyl groups is 1. The van der Waals surface area contributed by atoms with Crippen LogP contribution in [0.3, 0.4) is 0 Å². The molecule has 4 rings (SSSR count). The van der Waals surface area contributed by atoms with E-state index in [9.17, 15) is 23.9 Å². The third-order valence-electron chi connectivity index (χ3n) is 7.19. The molecule has 0 bridgehead atoms. The molecular weight excluding hydrogens is 523 g/mol. The van der Waals surface area contributed by atoms with E-state index in [-0.39, 0.29) is 24.4 Å². The van der Waals surface area contributed by atoms with Crippen molar-refractivity contribution in [3.8, 4) is 11.3 Å². The highest BCUT2D eigenvalue weighted by Crippen LogP contribution is 2.33. The minimum atomic E-state index is -1.50. The van der Waals surface area contributed by atoms with Gasteiger partial charge in [-0.2, -0.15) is 0 Å². The van der Waals surface area contributed by atoms with Gasteiger partial charge in [-0.05, 0) is 107 Å². The van der Waals surface area contributed by atoms with Gasteiger partial charge in [0.1, 0.15) is 22.8 Å². The lowest BCUT2D eigenvalue weighted by Crippen LogP contribution is -2.44. The van der Waals surface area contributed by atoms with Crippen LogP contribution in [-0.2, 0) is 33.5 Å². The first-order valence-electron chi connectivity index (χ1n) is 13.7. The predicted molar refractivity (Wildman–Crippen MR) is 154 cm³/mol. The molecule has 0 aliphatic heterocycles. The molecule has 0 saturated carbocycles. The minimum absolute atomic E-state index is 0.0527. The smallest absolute Gasteiger partial charge is 0.408 e. The number of ketones is 2. The Morgan fingerprint density at radius 2 is 1.61 bits per heavy atom. The lowest BCUT2D eigenvalue weighted by molar-refractivity contribution is -0.117. The molecule has 0 saturated heterocycles. The molecule has 0 spiro atoms. The average molecular weight is 561 g/mol. The van der Waals surface area contributed by atoms with E-state index in [1.807, 2.05) is 6.07 Å². The number of fused-ring (bicyclic) bond motifs is 1. The SMILES string of the molecule is CC(C)(C)OC(=O)NC(C)(C)c1cc(-c2ccc(F)cc2)nc(C(C)(O)CCC(=O)c2ccc3c(c2)CC(=O)C3)c1. The summed E-state index contributed by atoms with van der Waals surface area (Å²) < 4.78 is 19.1. The molecule has 3 aromatic rings. The lowest BCUT2D eigenvalue weighted by Gasteiger charge is -2.31. The summed E-state index contributed by atoms with van der Waals surface area (Å²) in [6, 6.07) is 14.6. The van der Waals surface area contributed by atoms with Crippen LogP contribution in [0.1, 0.15) is 87.1 Å². The van der Waals surface area contributed by atoms with Gasteiger partial charge < -0.3 is 15.2 Å². The molecule has 2 aromatic carbocycles. The van der Waals surface area contributed by atoms with Crippen LogP contribution >= 0.6 is 0 Å². The highest BCUT2D eigenvalue weighted by Gasteiger charge is 2.32. The Labute approximate surface area is 240 Å². The maximum absolute atomic E-state index is 13.7. The number of pyridine rings is 1. The molecule has 1 aliphatic rings. The monoisotopic (exact) mass is 560 g/mol. The third-order valence-corrected chi connectivity index (χ3v) is 7.19. The normalized spacial score (nSPS) is 14.8. The first-order chi connectivity index (χ1) is 19.0. The van der Waals surface area contributed by atoms with E-state index in [1.165, 1.54) is 12.1 Å². The quantitative estimate of drug-likeness (QED) is 0.319. The van der Waals surface area contributed by atoms with Crippen LogP contribution in [0.15, 0.2) is 54.6 Å². The fourth-order valence-electron chi connectivity index (χ4n) is 4.82. The van der Waals surface area contributed by atoms with Crippen LogP contribution in [0.25, 0.3) is 11.3 Å². The summed E-state index contributed by atoms with van der Waals surface area (Å²) in [4.78, 5) is 42.2. The largest absolute Gasteiger partial charge is 0.444 e. The number of Topliss-reactive ketones (excluding diaryl/α,β-unsaturated/α-hetero) is 2. The van der Waals surface area contributed by atoms with E-state index in [1.54, 1.807) is 77.9 Å². The van der Waals surface area contributed by atoms with Crippen molar-refractivity contribution in [1.82, 2.24) is 10.3 Å². The van der Waals surface area contributed by atoms with Crippen LogP contribution in [0, 0.1) is 5.82 Å². The molecule has 1 heterocycles. The van der Waals surface area contributed by atoms with Crippen LogP contribution in [0.2, 0.25) is 0 Å². The number of aromatic nitrogens is 1. The molecule has 1 atom stereocenters. The summed E-state index contributed by atoms with van der Waals surface area (Å²) in [7, 11) is 0. The standard InChI is InChI=1S/C33H37FN2O5/c1-31(2,3)41-30(39)36-32(4,5)24-18-27(20-9-11-25(34)12-10-20)35-29(19-24)33(6,40)14-13-28(38)22-8-7-21-16-26(37)17-23(21)15-22/h7-12,15,18-19,40H,13-14,16-17H2,1-6H3,(H,36,39). The summed E-state index contributed by atoms with van der Waals surface area (Å²) in [5.41, 5.74) is 1.27. The number of rotatable bonds is 8. The number of nitrogens with zero attached hydrogens (tertiary/aromatic N) is 1. The van der Waals surface area contributed by atoms with Gasteiger partial charge in [-0.25, -0.2) is 14.2 Å². The van der Waals surface area contributed by atoms with Crippen LogP contribution in [0.5, 0.6) is 0 Å². The summed E-state index contributed by atoms with van der Waals surface area (Å²) in [5.74, 6) is -0.396. The zero-order valence-corrected chi connectivity index (χ0v) is 24.4. The van der Waals surface area contributed by atoms with Crippen LogP contribution in [-0.4, -0.2) is 33.4 Å². The van der Waals surface area contributed by atoms with Crippen molar-refractivity contribution in [3.05, 3.63) is 88.4 Å². The fourth-order valence-corrected chi connectivity index (χ4v) is 4.82. The van der Waals surface area contributed by atoms with Crippen LogP contribution in [0.4, 0.5) is 9.18 Å².